The summed E-state index contributed by atoms with van der Waals surface area (Å²) in [6.07, 6.45) is 7.53. The molecule has 0 spiro atoms. The van der Waals surface area contributed by atoms with E-state index in [9.17, 15) is 4.79 Å². The van der Waals surface area contributed by atoms with E-state index in [2.05, 4.69) is 69.4 Å². The third-order valence-electron chi connectivity index (χ3n) is 6.31. The number of aromatic nitrogens is 3. The molecule has 4 aromatic rings. The molecule has 0 atom stereocenters. The van der Waals surface area contributed by atoms with Crippen molar-refractivity contribution in [1.82, 2.24) is 19.4 Å². The molecule has 0 bridgehead atoms. The molecule has 2 aromatic carbocycles. The van der Waals surface area contributed by atoms with Crippen LogP contribution in [0.25, 0.3) is 33.1 Å². The van der Waals surface area contributed by atoms with E-state index in [0.29, 0.717) is 6.04 Å². The fraction of sp³-hybridized carbons (Fsp3) is 0.320. The summed E-state index contributed by atoms with van der Waals surface area (Å²) in [5, 5.41) is 4.93. The molecule has 0 unspecified atom stereocenters. The van der Waals surface area contributed by atoms with E-state index in [0.717, 1.165) is 60.3 Å². The lowest BCUT2D eigenvalue weighted by Gasteiger charge is -2.32. The number of nitrogens with one attached hydrogen (secondary N) is 1. The van der Waals surface area contributed by atoms with Gasteiger partial charge in [-0.3, -0.25) is 14.8 Å². The van der Waals surface area contributed by atoms with Gasteiger partial charge in [-0.05, 0) is 55.0 Å². The van der Waals surface area contributed by atoms with Crippen molar-refractivity contribution in [3.63, 3.8) is 0 Å². The molecule has 0 radical (unpaired) electrons. The minimum absolute atomic E-state index is 0.161. The van der Waals surface area contributed by atoms with Gasteiger partial charge in [0.05, 0.1) is 11.0 Å². The first-order chi connectivity index (χ1) is 15.1. The average Bonchev–Trinajstić information content (AvgIpc) is 3.21. The van der Waals surface area contributed by atoms with Gasteiger partial charge in [-0.1, -0.05) is 12.1 Å². The van der Waals surface area contributed by atoms with Crippen molar-refractivity contribution >= 4 is 33.5 Å². The Morgan fingerprint density at radius 3 is 2.68 bits per heavy atom. The lowest BCUT2D eigenvalue weighted by Crippen LogP contribution is -2.41. The van der Waals surface area contributed by atoms with Crippen molar-refractivity contribution in [3.05, 3.63) is 55.0 Å². The number of aryl methyl sites for hydroxylation is 1. The predicted octanol–water partition coefficient (Wildman–Crippen LogP) is 4.69. The van der Waals surface area contributed by atoms with E-state index >= 15 is 0 Å². The molecule has 1 aliphatic heterocycles. The van der Waals surface area contributed by atoms with Crippen LogP contribution in [0.3, 0.4) is 0 Å². The number of piperidine rings is 1. The van der Waals surface area contributed by atoms with Gasteiger partial charge in [-0.15, -0.1) is 0 Å². The molecule has 1 saturated heterocycles. The number of amides is 1. The van der Waals surface area contributed by atoms with Gasteiger partial charge in [0.25, 0.3) is 0 Å². The Bertz CT molecular complexity index is 1250. The van der Waals surface area contributed by atoms with Crippen molar-refractivity contribution in [2.75, 3.05) is 18.4 Å². The van der Waals surface area contributed by atoms with E-state index in [-0.39, 0.29) is 5.91 Å². The highest BCUT2D eigenvalue weighted by atomic mass is 16.2. The fourth-order valence-corrected chi connectivity index (χ4v) is 4.58. The molecule has 6 heteroatoms. The second kappa shape index (κ2) is 8.02. The quantitative estimate of drug-likeness (QED) is 0.527. The molecule has 0 saturated carbocycles. The van der Waals surface area contributed by atoms with Gasteiger partial charge in [0.15, 0.2) is 0 Å². The largest absolute Gasteiger partial charge is 0.382 e. The number of benzene rings is 2. The zero-order chi connectivity index (χ0) is 21.4. The van der Waals surface area contributed by atoms with E-state index in [1.165, 1.54) is 10.9 Å². The van der Waals surface area contributed by atoms with Crippen molar-refractivity contribution in [2.45, 2.75) is 39.3 Å². The van der Waals surface area contributed by atoms with Crippen molar-refractivity contribution in [2.24, 2.45) is 0 Å². The van der Waals surface area contributed by atoms with Gasteiger partial charge < -0.3 is 14.8 Å². The molecule has 1 amide bonds. The highest BCUT2D eigenvalue weighted by molar-refractivity contribution is 5.97. The summed E-state index contributed by atoms with van der Waals surface area (Å²) in [6.45, 7) is 6.35. The molecule has 2 aromatic heterocycles. The SMILES string of the molecule is CCn1ccc2ccc(-c3cc(NC4CCN(C(C)=O)CC4)cc4nccnc34)cc21. The Morgan fingerprint density at radius 2 is 1.90 bits per heavy atom. The second-order valence-corrected chi connectivity index (χ2v) is 8.25. The maximum atomic E-state index is 11.6. The number of likely N-dealkylation sites (tertiary alicyclic amines) is 1. The summed E-state index contributed by atoms with van der Waals surface area (Å²) in [5.41, 5.74) is 6.30. The van der Waals surface area contributed by atoms with Crippen molar-refractivity contribution in [1.29, 1.82) is 0 Å². The van der Waals surface area contributed by atoms with Crippen molar-refractivity contribution < 1.29 is 4.79 Å². The summed E-state index contributed by atoms with van der Waals surface area (Å²) < 4.78 is 2.26. The third kappa shape index (κ3) is 3.74. The van der Waals surface area contributed by atoms with Crippen LogP contribution in [0.4, 0.5) is 5.69 Å². The van der Waals surface area contributed by atoms with Crippen LogP contribution in [0.15, 0.2) is 55.0 Å². The minimum atomic E-state index is 0.161. The first-order valence-electron chi connectivity index (χ1n) is 11.0. The summed E-state index contributed by atoms with van der Waals surface area (Å²) in [5.74, 6) is 0.161. The second-order valence-electron chi connectivity index (χ2n) is 8.25. The normalized spacial score (nSPS) is 15.0. The Morgan fingerprint density at radius 1 is 1.10 bits per heavy atom. The van der Waals surface area contributed by atoms with Crippen LogP contribution in [0.1, 0.15) is 26.7 Å². The van der Waals surface area contributed by atoms with Crippen LogP contribution in [0.5, 0.6) is 0 Å². The monoisotopic (exact) mass is 413 g/mol. The van der Waals surface area contributed by atoms with Gasteiger partial charge in [0, 0.05) is 68.0 Å². The number of rotatable bonds is 4. The lowest BCUT2D eigenvalue weighted by molar-refractivity contribution is -0.129. The van der Waals surface area contributed by atoms with Gasteiger partial charge in [0.1, 0.15) is 0 Å². The highest BCUT2D eigenvalue weighted by Gasteiger charge is 2.21. The number of carbonyl (C=O) groups excluding carboxylic acids is 1. The van der Waals surface area contributed by atoms with Crippen LogP contribution in [-0.2, 0) is 11.3 Å². The number of anilines is 1. The van der Waals surface area contributed by atoms with Gasteiger partial charge in [0.2, 0.25) is 5.91 Å². The molecular weight excluding hydrogens is 386 g/mol. The first-order valence-corrected chi connectivity index (χ1v) is 11.0. The van der Waals surface area contributed by atoms with Gasteiger partial charge in [-0.2, -0.15) is 0 Å². The van der Waals surface area contributed by atoms with Gasteiger partial charge in [-0.25, -0.2) is 0 Å². The molecule has 6 nitrogen and oxygen atoms in total. The molecule has 1 N–H and O–H groups in total. The summed E-state index contributed by atoms with van der Waals surface area (Å²) in [4.78, 5) is 22.8. The van der Waals surface area contributed by atoms with Crippen LogP contribution < -0.4 is 5.32 Å². The number of hydrogen-bond acceptors (Lipinski definition) is 4. The molecule has 1 fully saturated rings. The number of fused-ring (bicyclic) bond motifs is 2. The van der Waals surface area contributed by atoms with Crippen LogP contribution in [0, 0.1) is 0 Å². The Hall–Kier alpha value is -3.41. The molecule has 158 valence electrons. The fourth-order valence-electron chi connectivity index (χ4n) is 4.58. The zero-order valence-corrected chi connectivity index (χ0v) is 18.0. The maximum Gasteiger partial charge on any atom is 0.219 e. The maximum absolute atomic E-state index is 11.6. The molecule has 3 heterocycles. The number of carbonyl (C=O) groups is 1. The van der Waals surface area contributed by atoms with E-state index < -0.39 is 0 Å². The predicted molar refractivity (Wildman–Crippen MR) is 125 cm³/mol. The van der Waals surface area contributed by atoms with E-state index in [4.69, 9.17) is 0 Å². The van der Waals surface area contributed by atoms with E-state index in [1.54, 1.807) is 19.3 Å². The van der Waals surface area contributed by atoms with Crippen LogP contribution in [-0.4, -0.2) is 44.5 Å². The summed E-state index contributed by atoms with van der Waals surface area (Å²) in [7, 11) is 0. The molecular formula is C25H27N5O. The average molecular weight is 414 g/mol. The molecule has 1 aliphatic rings. The van der Waals surface area contributed by atoms with Crippen LogP contribution >= 0.6 is 0 Å². The van der Waals surface area contributed by atoms with Crippen LogP contribution in [0.2, 0.25) is 0 Å². The number of hydrogen-bond donors (Lipinski definition) is 1. The minimum Gasteiger partial charge on any atom is -0.382 e. The first kappa shape index (κ1) is 19.5. The van der Waals surface area contributed by atoms with Crippen molar-refractivity contribution in [3.8, 4) is 11.1 Å². The molecule has 31 heavy (non-hydrogen) atoms. The summed E-state index contributed by atoms with van der Waals surface area (Å²) >= 11 is 0. The van der Waals surface area contributed by atoms with Gasteiger partial charge >= 0.3 is 0 Å². The topological polar surface area (TPSA) is 63.1 Å². The third-order valence-corrected chi connectivity index (χ3v) is 6.31. The summed E-state index contributed by atoms with van der Waals surface area (Å²) in [6, 6.07) is 13.4. The lowest BCUT2D eigenvalue weighted by atomic mass is 10.00. The Kier molecular flexibility index (Phi) is 5.06. The number of nitrogens with zero attached hydrogens (tertiary/aromatic N) is 4. The molecule has 5 rings (SSSR count). The highest BCUT2D eigenvalue weighted by Crippen LogP contribution is 2.33. The zero-order valence-electron chi connectivity index (χ0n) is 18.0. The smallest absolute Gasteiger partial charge is 0.219 e. The van der Waals surface area contributed by atoms with E-state index in [1.807, 2.05) is 4.90 Å². The Balaban J connectivity index is 1.52. The standard InChI is InChI=1S/C25H27N5O/c1-3-29-11-6-18-4-5-19(14-24(18)29)22-15-21(16-23-25(22)27-10-9-26-23)28-20-7-12-30(13-8-20)17(2)31/h4-6,9-11,14-16,20,28H,3,7-8,12-13H2,1-2H3. The Labute approximate surface area is 181 Å². The molecule has 0 aliphatic carbocycles.